The molecule has 86 valence electrons. The fourth-order valence-electron chi connectivity index (χ4n) is 1.98. The second kappa shape index (κ2) is 3.35. The van der Waals surface area contributed by atoms with E-state index in [4.69, 9.17) is 4.74 Å². The van der Waals surface area contributed by atoms with Crippen LogP contribution in [-0.2, 0) is 7.05 Å². The summed E-state index contributed by atoms with van der Waals surface area (Å²) in [5.74, 6) is 0.752. The first-order valence-electron chi connectivity index (χ1n) is 5.22. The van der Waals surface area contributed by atoms with E-state index in [1.165, 1.54) is 0 Å². The van der Waals surface area contributed by atoms with E-state index in [-0.39, 0.29) is 5.69 Å². The van der Waals surface area contributed by atoms with Crippen molar-refractivity contribution in [3.63, 3.8) is 0 Å². The number of pyridine rings is 1. The SMILES string of the molecule is COc1ccc2c(c1)ncc1c2[nH]c(=O)n1C. The third-order valence-electron chi connectivity index (χ3n) is 2.95. The summed E-state index contributed by atoms with van der Waals surface area (Å²) in [6.45, 7) is 0. The highest BCUT2D eigenvalue weighted by Crippen LogP contribution is 2.24. The zero-order valence-corrected chi connectivity index (χ0v) is 9.52. The zero-order valence-electron chi connectivity index (χ0n) is 9.52. The first-order valence-corrected chi connectivity index (χ1v) is 5.22. The van der Waals surface area contributed by atoms with Crippen molar-refractivity contribution in [3.8, 4) is 5.75 Å². The summed E-state index contributed by atoms with van der Waals surface area (Å²) in [7, 11) is 3.34. The number of nitrogens with zero attached hydrogens (tertiary/aromatic N) is 2. The molecule has 0 saturated heterocycles. The lowest BCUT2D eigenvalue weighted by Gasteiger charge is -2.02. The summed E-state index contributed by atoms with van der Waals surface area (Å²) in [6, 6.07) is 5.61. The summed E-state index contributed by atoms with van der Waals surface area (Å²) >= 11 is 0. The second-order valence-electron chi connectivity index (χ2n) is 3.89. The van der Waals surface area contributed by atoms with Crippen LogP contribution in [0.5, 0.6) is 5.75 Å². The van der Waals surface area contributed by atoms with Crippen LogP contribution < -0.4 is 10.4 Å². The lowest BCUT2D eigenvalue weighted by molar-refractivity contribution is 0.415. The Morgan fingerprint density at radius 3 is 3.00 bits per heavy atom. The number of H-pyrrole nitrogens is 1. The summed E-state index contributed by atoms with van der Waals surface area (Å²) in [5.41, 5.74) is 2.28. The smallest absolute Gasteiger partial charge is 0.326 e. The van der Waals surface area contributed by atoms with E-state index in [9.17, 15) is 4.79 Å². The van der Waals surface area contributed by atoms with Crippen molar-refractivity contribution in [1.82, 2.24) is 14.5 Å². The average Bonchev–Trinajstić information content (AvgIpc) is 2.65. The monoisotopic (exact) mass is 229 g/mol. The minimum atomic E-state index is -0.134. The number of imidazole rings is 1. The number of hydrogen-bond donors (Lipinski definition) is 1. The fraction of sp³-hybridized carbons (Fsp3) is 0.167. The number of fused-ring (bicyclic) bond motifs is 3. The van der Waals surface area contributed by atoms with Gasteiger partial charge in [0.1, 0.15) is 5.75 Å². The van der Waals surface area contributed by atoms with E-state index in [0.29, 0.717) is 0 Å². The van der Waals surface area contributed by atoms with Crippen LogP contribution >= 0.6 is 0 Å². The minimum absolute atomic E-state index is 0.134. The zero-order chi connectivity index (χ0) is 12.0. The fourth-order valence-corrected chi connectivity index (χ4v) is 1.98. The number of methoxy groups -OCH3 is 1. The van der Waals surface area contributed by atoms with Gasteiger partial charge in [-0.15, -0.1) is 0 Å². The number of hydrogen-bond acceptors (Lipinski definition) is 3. The maximum Gasteiger partial charge on any atom is 0.326 e. The van der Waals surface area contributed by atoms with Crippen molar-refractivity contribution >= 4 is 21.9 Å². The number of nitrogens with one attached hydrogen (secondary N) is 1. The molecule has 1 N–H and O–H groups in total. The Hall–Kier alpha value is -2.30. The molecular weight excluding hydrogens is 218 g/mol. The molecule has 0 aliphatic carbocycles. The molecule has 0 saturated carbocycles. The van der Waals surface area contributed by atoms with Crippen molar-refractivity contribution in [2.24, 2.45) is 7.05 Å². The summed E-state index contributed by atoms with van der Waals surface area (Å²) in [5, 5.41) is 0.918. The highest BCUT2D eigenvalue weighted by Gasteiger charge is 2.08. The van der Waals surface area contributed by atoms with Gasteiger partial charge in [0.25, 0.3) is 0 Å². The van der Waals surface area contributed by atoms with Gasteiger partial charge >= 0.3 is 5.69 Å². The lowest BCUT2D eigenvalue weighted by Crippen LogP contribution is -2.11. The molecule has 3 rings (SSSR count). The van der Waals surface area contributed by atoms with Crippen molar-refractivity contribution < 1.29 is 4.74 Å². The summed E-state index contributed by atoms with van der Waals surface area (Å²) < 4.78 is 6.69. The molecule has 2 aromatic heterocycles. The molecule has 0 spiro atoms. The topological polar surface area (TPSA) is 59.9 Å². The summed E-state index contributed by atoms with van der Waals surface area (Å²) in [4.78, 5) is 18.7. The van der Waals surface area contributed by atoms with E-state index in [1.54, 1.807) is 24.9 Å². The largest absolute Gasteiger partial charge is 0.497 e. The predicted octanol–water partition coefficient (Wildman–Crippen LogP) is 1.42. The molecule has 0 aliphatic rings. The molecule has 0 aliphatic heterocycles. The maximum atomic E-state index is 11.6. The number of aromatic amines is 1. The molecule has 0 radical (unpaired) electrons. The molecule has 0 unspecified atom stereocenters. The van der Waals surface area contributed by atoms with E-state index in [0.717, 1.165) is 27.7 Å². The van der Waals surface area contributed by atoms with Crippen LogP contribution in [0.1, 0.15) is 0 Å². The molecule has 0 fully saturated rings. The quantitative estimate of drug-likeness (QED) is 0.686. The molecule has 2 heterocycles. The van der Waals surface area contributed by atoms with E-state index < -0.39 is 0 Å². The second-order valence-corrected chi connectivity index (χ2v) is 3.89. The third kappa shape index (κ3) is 1.32. The summed E-state index contributed by atoms with van der Waals surface area (Å²) in [6.07, 6.45) is 1.69. The van der Waals surface area contributed by atoms with Crippen molar-refractivity contribution in [3.05, 3.63) is 34.9 Å². The van der Waals surface area contributed by atoms with Gasteiger partial charge in [0.15, 0.2) is 0 Å². The highest BCUT2D eigenvalue weighted by atomic mass is 16.5. The van der Waals surface area contributed by atoms with Gasteiger partial charge in [-0.25, -0.2) is 4.79 Å². The van der Waals surface area contributed by atoms with Crippen LogP contribution in [0.25, 0.3) is 21.9 Å². The average molecular weight is 229 g/mol. The Bertz CT molecular complexity index is 770. The van der Waals surface area contributed by atoms with Crippen LogP contribution in [0, 0.1) is 0 Å². The molecule has 3 aromatic rings. The Kier molecular flexibility index (Phi) is 1.95. The first-order chi connectivity index (χ1) is 8.20. The minimum Gasteiger partial charge on any atom is -0.497 e. The standard InChI is InChI=1S/C12H11N3O2/c1-15-10-6-13-9-5-7(17-2)3-4-8(9)11(10)14-12(15)16/h3-6H,1-2H3,(H,14,16). The van der Waals surface area contributed by atoms with Crippen molar-refractivity contribution in [2.45, 2.75) is 0 Å². The molecular formula is C12H11N3O2. The predicted molar refractivity (Wildman–Crippen MR) is 65.4 cm³/mol. The highest BCUT2D eigenvalue weighted by molar-refractivity contribution is 6.02. The van der Waals surface area contributed by atoms with Gasteiger partial charge in [-0.05, 0) is 12.1 Å². The Morgan fingerprint density at radius 1 is 1.41 bits per heavy atom. The Balaban J connectivity index is 2.48. The van der Waals surface area contributed by atoms with Gasteiger partial charge in [-0.1, -0.05) is 0 Å². The molecule has 5 heteroatoms. The molecule has 5 nitrogen and oxygen atoms in total. The van der Waals surface area contributed by atoms with Gasteiger partial charge in [0.2, 0.25) is 0 Å². The van der Waals surface area contributed by atoms with Crippen LogP contribution in [-0.4, -0.2) is 21.6 Å². The molecule has 17 heavy (non-hydrogen) atoms. The Labute approximate surface area is 96.7 Å². The molecule has 0 atom stereocenters. The van der Waals surface area contributed by atoms with Gasteiger partial charge in [0.05, 0.1) is 29.9 Å². The van der Waals surface area contributed by atoms with E-state index >= 15 is 0 Å². The van der Waals surface area contributed by atoms with E-state index in [1.807, 2.05) is 18.2 Å². The first kappa shape index (κ1) is 9.89. The number of aromatic nitrogens is 3. The Morgan fingerprint density at radius 2 is 2.24 bits per heavy atom. The van der Waals surface area contributed by atoms with Crippen LogP contribution in [0.3, 0.4) is 0 Å². The molecule has 1 aromatic carbocycles. The molecule has 0 bridgehead atoms. The van der Waals surface area contributed by atoms with Crippen LogP contribution in [0.2, 0.25) is 0 Å². The van der Waals surface area contributed by atoms with Crippen LogP contribution in [0.4, 0.5) is 0 Å². The van der Waals surface area contributed by atoms with Gasteiger partial charge in [0, 0.05) is 18.5 Å². The van der Waals surface area contributed by atoms with Crippen molar-refractivity contribution in [1.29, 1.82) is 0 Å². The van der Waals surface area contributed by atoms with Gasteiger partial charge in [-0.2, -0.15) is 0 Å². The third-order valence-corrected chi connectivity index (χ3v) is 2.95. The maximum absolute atomic E-state index is 11.6. The van der Waals surface area contributed by atoms with E-state index in [2.05, 4.69) is 9.97 Å². The van der Waals surface area contributed by atoms with Crippen molar-refractivity contribution in [2.75, 3.05) is 7.11 Å². The lowest BCUT2D eigenvalue weighted by atomic mass is 10.2. The van der Waals surface area contributed by atoms with Crippen LogP contribution in [0.15, 0.2) is 29.2 Å². The number of aryl methyl sites for hydroxylation is 1. The number of rotatable bonds is 1. The number of ether oxygens (including phenoxy) is 1. The van der Waals surface area contributed by atoms with Gasteiger partial charge < -0.3 is 9.72 Å². The normalized spacial score (nSPS) is 11.2. The van der Waals surface area contributed by atoms with Gasteiger partial charge in [-0.3, -0.25) is 9.55 Å². The molecule has 0 amide bonds. The number of benzene rings is 1.